The van der Waals surface area contributed by atoms with Crippen LogP contribution in [0.25, 0.3) is 6.08 Å². The molecular formula is C12H15ClN6O. The topological polar surface area (TPSA) is 88.5 Å². The zero-order valence-corrected chi connectivity index (χ0v) is 12.1. The standard InChI is InChI=1S/C12H15ClN6O/c1-7-9(11(13)19(3)18-7)4-5-10(20)16-8(2)12-14-6-15-17-12/h4-6,8H,1-3H3,(H,16,20)(H,14,15,17)/b5-4+. The maximum Gasteiger partial charge on any atom is 0.244 e. The summed E-state index contributed by atoms with van der Waals surface area (Å²) in [7, 11) is 1.75. The van der Waals surface area contributed by atoms with Crippen molar-refractivity contribution < 1.29 is 4.79 Å². The number of hydrogen-bond acceptors (Lipinski definition) is 4. The van der Waals surface area contributed by atoms with Crippen LogP contribution < -0.4 is 5.32 Å². The van der Waals surface area contributed by atoms with Crippen molar-refractivity contribution in [2.75, 3.05) is 0 Å². The van der Waals surface area contributed by atoms with Crippen molar-refractivity contribution in [1.29, 1.82) is 0 Å². The van der Waals surface area contributed by atoms with E-state index in [0.29, 0.717) is 11.0 Å². The summed E-state index contributed by atoms with van der Waals surface area (Å²) in [6.07, 6.45) is 4.46. The van der Waals surface area contributed by atoms with Crippen LogP contribution in [-0.4, -0.2) is 30.9 Å². The van der Waals surface area contributed by atoms with Crippen LogP contribution in [0, 0.1) is 6.92 Å². The number of rotatable bonds is 4. The van der Waals surface area contributed by atoms with Gasteiger partial charge in [0.1, 0.15) is 17.3 Å². The quantitative estimate of drug-likeness (QED) is 0.834. The van der Waals surface area contributed by atoms with Crippen LogP contribution in [0.3, 0.4) is 0 Å². The Kier molecular flexibility index (Phi) is 4.19. The first-order valence-corrected chi connectivity index (χ1v) is 6.39. The summed E-state index contributed by atoms with van der Waals surface area (Å²) < 4.78 is 1.56. The molecule has 8 heteroatoms. The van der Waals surface area contributed by atoms with Gasteiger partial charge in [-0.2, -0.15) is 10.2 Å². The number of nitrogens with zero attached hydrogens (tertiary/aromatic N) is 4. The lowest BCUT2D eigenvalue weighted by Crippen LogP contribution is -2.25. The van der Waals surface area contributed by atoms with Gasteiger partial charge in [-0.1, -0.05) is 11.6 Å². The smallest absolute Gasteiger partial charge is 0.244 e. The van der Waals surface area contributed by atoms with Gasteiger partial charge in [-0.05, 0) is 19.9 Å². The molecule has 2 aromatic rings. The second-order valence-electron chi connectivity index (χ2n) is 4.35. The summed E-state index contributed by atoms with van der Waals surface area (Å²) in [5.41, 5.74) is 1.50. The van der Waals surface area contributed by atoms with E-state index in [-0.39, 0.29) is 11.9 Å². The van der Waals surface area contributed by atoms with Gasteiger partial charge in [-0.25, -0.2) is 4.98 Å². The van der Waals surface area contributed by atoms with Crippen molar-refractivity contribution in [3.8, 4) is 0 Å². The zero-order valence-electron chi connectivity index (χ0n) is 11.4. The van der Waals surface area contributed by atoms with E-state index in [2.05, 4.69) is 25.6 Å². The zero-order chi connectivity index (χ0) is 14.7. The van der Waals surface area contributed by atoms with Gasteiger partial charge in [0.2, 0.25) is 5.91 Å². The van der Waals surface area contributed by atoms with Crippen LogP contribution in [0.5, 0.6) is 0 Å². The Hall–Kier alpha value is -2.15. The fourth-order valence-corrected chi connectivity index (χ4v) is 1.99. The van der Waals surface area contributed by atoms with Crippen molar-refractivity contribution in [2.24, 2.45) is 7.05 Å². The lowest BCUT2D eigenvalue weighted by atomic mass is 10.2. The first-order valence-electron chi connectivity index (χ1n) is 6.02. The second-order valence-corrected chi connectivity index (χ2v) is 4.71. The van der Waals surface area contributed by atoms with Crippen LogP contribution in [0.15, 0.2) is 12.4 Å². The average molecular weight is 295 g/mol. The van der Waals surface area contributed by atoms with Gasteiger partial charge >= 0.3 is 0 Å². The Morgan fingerprint density at radius 2 is 2.35 bits per heavy atom. The van der Waals surface area contributed by atoms with E-state index in [0.717, 1.165) is 11.3 Å². The summed E-state index contributed by atoms with van der Waals surface area (Å²) >= 11 is 6.08. The number of carbonyl (C=O) groups is 1. The van der Waals surface area contributed by atoms with Gasteiger partial charge in [0.25, 0.3) is 0 Å². The maximum atomic E-state index is 11.8. The molecule has 0 saturated heterocycles. The molecule has 0 fully saturated rings. The lowest BCUT2D eigenvalue weighted by Gasteiger charge is -2.08. The molecule has 1 amide bonds. The predicted molar refractivity (Wildman–Crippen MR) is 74.9 cm³/mol. The normalized spacial score (nSPS) is 12.8. The van der Waals surface area contributed by atoms with Crippen molar-refractivity contribution in [3.63, 3.8) is 0 Å². The number of aromatic amines is 1. The van der Waals surface area contributed by atoms with Crippen LogP contribution >= 0.6 is 11.6 Å². The predicted octanol–water partition coefficient (Wildman–Crippen LogP) is 1.39. The van der Waals surface area contributed by atoms with Crippen molar-refractivity contribution in [2.45, 2.75) is 19.9 Å². The average Bonchev–Trinajstić information content (AvgIpc) is 2.98. The number of hydrogen-bond donors (Lipinski definition) is 2. The Bertz CT molecular complexity index is 631. The Balaban J connectivity index is 2.02. The fraction of sp³-hybridized carbons (Fsp3) is 0.333. The molecule has 2 N–H and O–H groups in total. The van der Waals surface area contributed by atoms with E-state index < -0.39 is 0 Å². The molecule has 0 aromatic carbocycles. The molecule has 2 heterocycles. The van der Waals surface area contributed by atoms with Gasteiger partial charge in [0.05, 0.1) is 11.7 Å². The van der Waals surface area contributed by atoms with E-state index in [1.165, 1.54) is 12.4 Å². The molecular weight excluding hydrogens is 280 g/mol. The number of amides is 1. The Labute approximate surface area is 121 Å². The summed E-state index contributed by atoms with van der Waals surface area (Å²) in [5.74, 6) is 0.357. The number of halogens is 1. The molecule has 2 rings (SSSR count). The first-order chi connectivity index (χ1) is 9.49. The molecule has 0 saturated carbocycles. The van der Waals surface area contributed by atoms with Crippen molar-refractivity contribution in [3.05, 3.63) is 34.6 Å². The fourth-order valence-electron chi connectivity index (χ4n) is 1.75. The van der Waals surface area contributed by atoms with Crippen LogP contribution in [0.4, 0.5) is 0 Å². The molecule has 0 aliphatic carbocycles. The number of aromatic nitrogens is 5. The third kappa shape index (κ3) is 3.05. The molecule has 7 nitrogen and oxygen atoms in total. The molecule has 0 bridgehead atoms. The number of H-pyrrole nitrogens is 1. The number of carbonyl (C=O) groups excluding carboxylic acids is 1. The molecule has 0 radical (unpaired) electrons. The highest BCUT2D eigenvalue weighted by atomic mass is 35.5. The molecule has 1 unspecified atom stereocenters. The molecule has 2 aromatic heterocycles. The van der Waals surface area contributed by atoms with Crippen LogP contribution in [-0.2, 0) is 11.8 Å². The summed E-state index contributed by atoms with van der Waals surface area (Å²) in [4.78, 5) is 15.8. The Morgan fingerprint density at radius 3 is 2.90 bits per heavy atom. The second kappa shape index (κ2) is 5.87. The third-order valence-corrected chi connectivity index (χ3v) is 3.25. The van der Waals surface area contributed by atoms with E-state index in [4.69, 9.17) is 11.6 Å². The minimum atomic E-state index is -0.250. The molecule has 106 valence electrons. The largest absolute Gasteiger partial charge is 0.343 e. The van der Waals surface area contributed by atoms with E-state index in [9.17, 15) is 4.79 Å². The molecule has 0 aliphatic heterocycles. The van der Waals surface area contributed by atoms with Gasteiger partial charge in [-0.3, -0.25) is 14.6 Å². The van der Waals surface area contributed by atoms with Gasteiger partial charge in [0.15, 0.2) is 0 Å². The molecule has 0 aliphatic rings. The third-order valence-electron chi connectivity index (χ3n) is 2.80. The Morgan fingerprint density at radius 1 is 1.60 bits per heavy atom. The van der Waals surface area contributed by atoms with E-state index in [1.54, 1.807) is 17.8 Å². The monoisotopic (exact) mass is 294 g/mol. The van der Waals surface area contributed by atoms with Crippen molar-refractivity contribution >= 4 is 23.6 Å². The molecule has 1 atom stereocenters. The first kappa shape index (κ1) is 14.3. The number of aryl methyl sites for hydroxylation is 2. The molecule has 0 spiro atoms. The summed E-state index contributed by atoms with van der Waals surface area (Å²) in [6.45, 7) is 3.65. The molecule has 20 heavy (non-hydrogen) atoms. The lowest BCUT2D eigenvalue weighted by molar-refractivity contribution is -0.117. The minimum absolute atomic E-state index is 0.242. The van der Waals surface area contributed by atoms with Crippen LogP contribution in [0.1, 0.15) is 30.0 Å². The van der Waals surface area contributed by atoms with Gasteiger partial charge in [0, 0.05) is 18.7 Å². The summed E-state index contributed by atoms with van der Waals surface area (Å²) in [6, 6.07) is -0.250. The highest BCUT2D eigenvalue weighted by Crippen LogP contribution is 2.19. The maximum absolute atomic E-state index is 11.8. The minimum Gasteiger partial charge on any atom is -0.343 e. The SMILES string of the molecule is Cc1nn(C)c(Cl)c1/C=C/C(=O)NC(C)c1ncn[nH]1. The van der Waals surface area contributed by atoms with Crippen molar-refractivity contribution in [1.82, 2.24) is 30.3 Å². The van der Waals surface area contributed by atoms with E-state index in [1.807, 2.05) is 13.8 Å². The highest BCUT2D eigenvalue weighted by Gasteiger charge is 2.11. The summed E-state index contributed by atoms with van der Waals surface area (Å²) in [5, 5.41) is 13.9. The van der Waals surface area contributed by atoms with Gasteiger partial charge < -0.3 is 5.32 Å². The van der Waals surface area contributed by atoms with Crippen LogP contribution in [0.2, 0.25) is 5.15 Å². The highest BCUT2D eigenvalue weighted by molar-refractivity contribution is 6.31. The number of nitrogens with one attached hydrogen (secondary N) is 2. The van der Waals surface area contributed by atoms with Gasteiger partial charge in [-0.15, -0.1) is 0 Å². The van der Waals surface area contributed by atoms with E-state index >= 15 is 0 Å².